The SMILES string of the molecule is CC(CC(N)=O)n1c(CCl)nc2cc(Cl)c(Cl)cc21. The summed E-state index contributed by atoms with van der Waals surface area (Å²) in [5.74, 6) is 0.506. The first-order valence-corrected chi connectivity index (χ1v) is 6.93. The average molecular weight is 321 g/mol. The minimum atomic E-state index is -0.380. The van der Waals surface area contributed by atoms with Crippen molar-refractivity contribution >= 4 is 51.7 Å². The first kappa shape index (κ1) is 14.4. The van der Waals surface area contributed by atoms with E-state index < -0.39 is 0 Å². The van der Waals surface area contributed by atoms with Gasteiger partial charge in [0.05, 0.1) is 27.0 Å². The lowest BCUT2D eigenvalue weighted by atomic mass is 10.2. The molecular weight excluding hydrogens is 309 g/mol. The highest BCUT2D eigenvalue weighted by Gasteiger charge is 2.18. The van der Waals surface area contributed by atoms with Crippen LogP contribution in [-0.2, 0) is 10.7 Å². The second kappa shape index (κ2) is 5.57. The Morgan fingerprint density at radius 3 is 2.63 bits per heavy atom. The number of aromatic nitrogens is 2. The number of benzene rings is 1. The predicted octanol–water partition coefficient (Wildman–Crippen LogP) is 3.52. The van der Waals surface area contributed by atoms with Crippen molar-refractivity contribution in [2.45, 2.75) is 25.3 Å². The largest absolute Gasteiger partial charge is 0.370 e. The molecule has 102 valence electrons. The van der Waals surface area contributed by atoms with Crippen molar-refractivity contribution < 1.29 is 4.79 Å². The standard InChI is InChI=1S/C12H12Cl3N3O/c1-6(2-11(16)19)18-10-4-8(15)7(14)3-9(10)17-12(18)5-13/h3-4,6H,2,5H2,1H3,(H2,16,19). The summed E-state index contributed by atoms with van der Waals surface area (Å²) in [6, 6.07) is 3.26. The highest BCUT2D eigenvalue weighted by atomic mass is 35.5. The number of primary amides is 1. The fourth-order valence-corrected chi connectivity index (χ4v) is 2.61. The van der Waals surface area contributed by atoms with E-state index in [2.05, 4.69) is 4.98 Å². The van der Waals surface area contributed by atoms with E-state index in [1.54, 1.807) is 12.1 Å². The molecule has 0 saturated carbocycles. The van der Waals surface area contributed by atoms with Gasteiger partial charge in [-0.05, 0) is 19.1 Å². The van der Waals surface area contributed by atoms with Gasteiger partial charge >= 0.3 is 0 Å². The summed E-state index contributed by atoms with van der Waals surface area (Å²) in [6.07, 6.45) is 0.204. The van der Waals surface area contributed by atoms with Crippen LogP contribution in [0.5, 0.6) is 0 Å². The maximum absolute atomic E-state index is 11.1. The zero-order valence-corrected chi connectivity index (χ0v) is 12.4. The lowest BCUT2D eigenvalue weighted by Crippen LogP contribution is -2.18. The monoisotopic (exact) mass is 319 g/mol. The number of amides is 1. The molecule has 2 aromatic rings. The third kappa shape index (κ3) is 2.81. The lowest BCUT2D eigenvalue weighted by Gasteiger charge is -2.15. The summed E-state index contributed by atoms with van der Waals surface area (Å²) in [7, 11) is 0. The molecule has 1 unspecified atom stereocenters. The van der Waals surface area contributed by atoms with Gasteiger partial charge in [-0.3, -0.25) is 4.79 Å². The normalized spacial score (nSPS) is 12.8. The van der Waals surface area contributed by atoms with Crippen LogP contribution in [0.15, 0.2) is 12.1 Å². The van der Waals surface area contributed by atoms with Gasteiger partial charge in [0, 0.05) is 12.5 Å². The second-order valence-electron chi connectivity index (χ2n) is 4.31. The Morgan fingerprint density at radius 1 is 1.42 bits per heavy atom. The molecule has 7 heteroatoms. The molecule has 0 aliphatic carbocycles. The minimum absolute atomic E-state index is 0.145. The summed E-state index contributed by atoms with van der Waals surface area (Å²) < 4.78 is 1.87. The Labute approximate surface area is 125 Å². The van der Waals surface area contributed by atoms with Gasteiger partial charge < -0.3 is 10.3 Å². The number of nitrogens with two attached hydrogens (primary N) is 1. The smallest absolute Gasteiger partial charge is 0.219 e. The molecule has 1 amide bonds. The molecule has 2 N–H and O–H groups in total. The number of hydrogen-bond acceptors (Lipinski definition) is 2. The molecule has 0 spiro atoms. The predicted molar refractivity (Wildman–Crippen MR) is 77.8 cm³/mol. The van der Waals surface area contributed by atoms with Gasteiger partial charge in [-0.1, -0.05) is 23.2 Å². The van der Waals surface area contributed by atoms with Crippen LogP contribution in [0.1, 0.15) is 25.2 Å². The summed E-state index contributed by atoms with van der Waals surface area (Å²) in [4.78, 5) is 15.5. The summed E-state index contributed by atoms with van der Waals surface area (Å²) >= 11 is 17.9. The number of carbonyl (C=O) groups is 1. The van der Waals surface area contributed by atoms with Crippen LogP contribution >= 0.6 is 34.8 Å². The molecule has 19 heavy (non-hydrogen) atoms. The number of imidazole rings is 1. The van der Waals surface area contributed by atoms with E-state index in [4.69, 9.17) is 40.5 Å². The maximum atomic E-state index is 11.1. The fourth-order valence-electron chi connectivity index (χ4n) is 2.11. The van der Waals surface area contributed by atoms with Crippen LogP contribution in [0.2, 0.25) is 10.0 Å². The van der Waals surface area contributed by atoms with Crippen LogP contribution in [0.25, 0.3) is 11.0 Å². The molecule has 1 aromatic carbocycles. The highest BCUT2D eigenvalue weighted by molar-refractivity contribution is 6.42. The Balaban J connectivity index is 2.62. The third-order valence-corrected chi connectivity index (χ3v) is 3.82. The summed E-state index contributed by atoms with van der Waals surface area (Å²) in [5, 5.41) is 0.866. The molecule has 0 saturated heterocycles. The molecular formula is C12H12Cl3N3O. The number of carbonyl (C=O) groups excluding carboxylic acids is 1. The van der Waals surface area contributed by atoms with Crippen LogP contribution in [-0.4, -0.2) is 15.5 Å². The van der Waals surface area contributed by atoms with E-state index in [1.165, 1.54) is 0 Å². The van der Waals surface area contributed by atoms with Gasteiger partial charge in [0.1, 0.15) is 5.82 Å². The molecule has 1 heterocycles. The molecule has 0 aliphatic heterocycles. The molecule has 1 aromatic heterocycles. The second-order valence-corrected chi connectivity index (χ2v) is 5.39. The van der Waals surface area contributed by atoms with E-state index in [0.717, 1.165) is 5.52 Å². The zero-order chi connectivity index (χ0) is 14.2. The molecule has 0 fully saturated rings. The number of fused-ring (bicyclic) bond motifs is 1. The number of rotatable bonds is 4. The topological polar surface area (TPSA) is 60.9 Å². The van der Waals surface area contributed by atoms with Crippen LogP contribution in [0, 0.1) is 0 Å². The maximum Gasteiger partial charge on any atom is 0.219 e. The zero-order valence-electron chi connectivity index (χ0n) is 10.2. The van der Waals surface area contributed by atoms with E-state index >= 15 is 0 Å². The van der Waals surface area contributed by atoms with E-state index in [-0.39, 0.29) is 24.2 Å². The van der Waals surface area contributed by atoms with E-state index in [9.17, 15) is 4.79 Å². The highest BCUT2D eigenvalue weighted by Crippen LogP contribution is 2.31. The van der Waals surface area contributed by atoms with Gasteiger partial charge in [-0.2, -0.15) is 0 Å². The van der Waals surface area contributed by atoms with Gasteiger partial charge in [0.2, 0.25) is 5.91 Å². The molecule has 2 rings (SSSR count). The Kier molecular flexibility index (Phi) is 4.23. The van der Waals surface area contributed by atoms with Gasteiger partial charge in [0.15, 0.2) is 0 Å². The van der Waals surface area contributed by atoms with Crippen LogP contribution < -0.4 is 5.73 Å². The average Bonchev–Trinajstić information content (AvgIpc) is 2.66. The summed E-state index contributed by atoms with van der Waals surface area (Å²) in [5.41, 5.74) is 6.72. The molecule has 0 radical (unpaired) electrons. The van der Waals surface area contributed by atoms with Gasteiger partial charge in [-0.25, -0.2) is 4.98 Å². The quantitative estimate of drug-likeness (QED) is 0.876. The van der Waals surface area contributed by atoms with Gasteiger partial charge in [-0.15, -0.1) is 11.6 Å². The first-order chi connectivity index (χ1) is 8.93. The number of alkyl halides is 1. The van der Waals surface area contributed by atoms with Crippen molar-refractivity contribution in [3.63, 3.8) is 0 Å². The van der Waals surface area contributed by atoms with Crippen LogP contribution in [0.3, 0.4) is 0 Å². The van der Waals surface area contributed by atoms with Gasteiger partial charge in [0.25, 0.3) is 0 Å². The number of hydrogen-bond donors (Lipinski definition) is 1. The molecule has 4 nitrogen and oxygen atoms in total. The molecule has 0 bridgehead atoms. The minimum Gasteiger partial charge on any atom is -0.370 e. The van der Waals surface area contributed by atoms with Crippen molar-refractivity contribution in [2.24, 2.45) is 5.73 Å². The summed E-state index contributed by atoms with van der Waals surface area (Å²) in [6.45, 7) is 1.88. The number of halogens is 3. The van der Waals surface area contributed by atoms with Crippen molar-refractivity contribution in [2.75, 3.05) is 0 Å². The molecule has 1 atom stereocenters. The first-order valence-electron chi connectivity index (χ1n) is 5.64. The Bertz CT molecular complexity index is 639. The van der Waals surface area contributed by atoms with E-state index in [0.29, 0.717) is 21.4 Å². The molecule has 0 aliphatic rings. The number of nitrogens with zero attached hydrogens (tertiary/aromatic N) is 2. The third-order valence-electron chi connectivity index (χ3n) is 2.86. The Hall–Kier alpha value is -0.970. The lowest BCUT2D eigenvalue weighted by molar-refractivity contribution is -0.118. The van der Waals surface area contributed by atoms with Crippen molar-refractivity contribution in [1.82, 2.24) is 9.55 Å². The van der Waals surface area contributed by atoms with Crippen molar-refractivity contribution in [3.05, 3.63) is 28.0 Å². The Morgan fingerprint density at radius 2 is 2.05 bits per heavy atom. The van der Waals surface area contributed by atoms with Crippen molar-refractivity contribution in [3.8, 4) is 0 Å². The fraction of sp³-hybridized carbons (Fsp3) is 0.333. The van der Waals surface area contributed by atoms with E-state index in [1.807, 2.05) is 11.5 Å². The van der Waals surface area contributed by atoms with Crippen LogP contribution in [0.4, 0.5) is 0 Å². The van der Waals surface area contributed by atoms with Crippen molar-refractivity contribution in [1.29, 1.82) is 0 Å².